The molecule has 0 saturated carbocycles. The summed E-state index contributed by atoms with van der Waals surface area (Å²) in [7, 11) is 0.708. The molecule has 0 N–H and O–H groups in total. The second-order valence-corrected chi connectivity index (χ2v) is 6.58. The van der Waals surface area contributed by atoms with Gasteiger partial charge in [-0.3, -0.25) is 0 Å². The maximum atomic E-state index is 14.6. The van der Waals surface area contributed by atoms with E-state index in [2.05, 4.69) is 0 Å². The molecule has 3 rings (SSSR count). The Labute approximate surface area is 135 Å². The molecule has 23 heavy (non-hydrogen) atoms. The second kappa shape index (κ2) is 5.42. The lowest BCUT2D eigenvalue weighted by Gasteiger charge is -2.32. The van der Waals surface area contributed by atoms with E-state index in [4.69, 9.17) is 23.5 Å². The Morgan fingerprint density at radius 2 is 1.61 bits per heavy atom. The molecule has 0 aromatic heterocycles. The van der Waals surface area contributed by atoms with Crippen molar-refractivity contribution in [3.05, 3.63) is 36.0 Å². The number of rotatable bonds is 3. The fourth-order valence-corrected chi connectivity index (χ4v) is 2.48. The summed E-state index contributed by atoms with van der Waals surface area (Å²) >= 11 is 0. The van der Waals surface area contributed by atoms with Crippen molar-refractivity contribution in [3.8, 4) is 5.75 Å². The predicted molar refractivity (Wildman–Crippen MR) is 82.7 cm³/mol. The van der Waals surface area contributed by atoms with Gasteiger partial charge in [-0.2, -0.15) is 0 Å². The van der Waals surface area contributed by atoms with E-state index in [-0.39, 0.29) is 5.46 Å². The van der Waals surface area contributed by atoms with Crippen molar-refractivity contribution in [2.24, 2.45) is 0 Å². The van der Waals surface area contributed by atoms with Gasteiger partial charge in [-0.1, -0.05) is 0 Å². The lowest BCUT2D eigenvalue weighted by Crippen LogP contribution is -2.41. The van der Waals surface area contributed by atoms with Crippen molar-refractivity contribution in [1.29, 1.82) is 0 Å². The van der Waals surface area contributed by atoms with Gasteiger partial charge in [0.25, 0.3) is 6.29 Å². The standard InChI is InChI=1S/C16H20BFO5/c1-15(2)16(3,4)23-17(22-15)11-9-13(19-5)10(8-12(11)18)14-20-6-7-21-14/h6-9,14H,1-5H3. The summed E-state index contributed by atoms with van der Waals surface area (Å²) in [5, 5.41) is 0. The van der Waals surface area contributed by atoms with E-state index in [0.29, 0.717) is 11.3 Å². The molecule has 2 aliphatic rings. The van der Waals surface area contributed by atoms with E-state index in [9.17, 15) is 4.39 Å². The second-order valence-electron chi connectivity index (χ2n) is 6.58. The molecule has 1 aromatic carbocycles. The van der Waals surface area contributed by atoms with Crippen LogP contribution in [0, 0.1) is 5.82 Å². The van der Waals surface area contributed by atoms with E-state index < -0.39 is 30.4 Å². The van der Waals surface area contributed by atoms with Crippen LogP contribution in [0.5, 0.6) is 5.75 Å². The number of hydrogen-bond donors (Lipinski definition) is 0. The molecule has 5 nitrogen and oxygen atoms in total. The SMILES string of the molecule is COc1cc(B2OC(C)(C)C(C)(C)O2)c(F)cc1C1OC=CO1. The molecule has 124 valence electrons. The molecule has 1 fully saturated rings. The quantitative estimate of drug-likeness (QED) is 0.801. The summed E-state index contributed by atoms with van der Waals surface area (Å²) < 4.78 is 42.3. The highest BCUT2D eigenvalue weighted by molar-refractivity contribution is 6.62. The summed E-state index contributed by atoms with van der Waals surface area (Å²) in [6.45, 7) is 7.68. The maximum absolute atomic E-state index is 14.6. The van der Waals surface area contributed by atoms with Crippen LogP contribution >= 0.6 is 0 Å². The Morgan fingerprint density at radius 3 is 2.13 bits per heavy atom. The van der Waals surface area contributed by atoms with E-state index in [1.165, 1.54) is 25.7 Å². The lowest BCUT2D eigenvalue weighted by atomic mass is 9.78. The zero-order chi connectivity index (χ0) is 16.8. The summed E-state index contributed by atoms with van der Waals surface area (Å²) in [5.41, 5.74) is -0.333. The van der Waals surface area contributed by atoms with Crippen molar-refractivity contribution >= 4 is 12.6 Å². The molecule has 0 amide bonds. The summed E-state index contributed by atoms with van der Waals surface area (Å²) in [6.07, 6.45) is 2.10. The number of halogens is 1. The van der Waals surface area contributed by atoms with E-state index in [1.54, 1.807) is 6.07 Å². The maximum Gasteiger partial charge on any atom is 0.497 e. The van der Waals surface area contributed by atoms with E-state index in [0.717, 1.165) is 0 Å². The van der Waals surface area contributed by atoms with Crippen LogP contribution in [0.15, 0.2) is 24.7 Å². The first-order valence-corrected chi connectivity index (χ1v) is 7.44. The van der Waals surface area contributed by atoms with Gasteiger partial charge in [-0.15, -0.1) is 0 Å². The molecule has 0 spiro atoms. The van der Waals surface area contributed by atoms with Crippen LogP contribution in [0.3, 0.4) is 0 Å². The smallest absolute Gasteiger partial charge is 0.496 e. The van der Waals surface area contributed by atoms with Gasteiger partial charge in [-0.25, -0.2) is 4.39 Å². The zero-order valence-corrected chi connectivity index (χ0v) is 13.9. The fraction of sp³-hybridized carbons (Fsp3) is 0.500. The molecular weight excluding hydrogens is 302 g/mol. The molecule has 7 heteroatoms. The molecule has 0 bridgehead atoms. The Morgan fingerprint density at radius 1 is 1.04 bits per heavy atom. The van der Waals surface area contributed by atoms with Crippen molar-refractivity contribution in [3.63, 3.8) is 0 Å². The van der Waals surface area contributed by atoms with E-state index in [1.807, 2.05) is 27.7 Å². The number of benzene rings is 1. The van der Waals surface area contributed by atoms with Gasteiger partial charge < -0.3 is 23.5 Å². The van der Waals surface area contributed by atoms with Crippen LogP contribution in [0.4, 0.5) is 4.39 Å². The first kappa shape index (κ1) is 16.1. The average Bonchev–Trinajstić information content (AvgIpc) is 3.05. The third-order valence-corrected chi connectivity index (χ3v) is 4.57. The predicted octanol–water partition coefficient (Wildman–Crippen LogP) is 2.65. The molecule has 0 radical (unpaired) electrons. The summed E-state index contributed by atoms with van der Waals surface area (Å²) in [6, 6.07) is 2.90. The molecular formula is C16H20BFO5. The minimum Gasteiger partial charge on any atom is -0.496 e. The zero-order valence-electron chi connectivity index (χ0n) is 13.9. The summed E-state index contributed by atoms with van der Waals surface area (Å²) in [5.74, 6) is -0.0109. The third-order valence-electron chi connectivity index (χ3n) is 4.57. The molecule has 2 heterocycles. The van der Waals surface area contributed by atoms with Crippen LogP contribution in [-0.4, -0.2) is 25.4 Å². The van der Waals surface area contributed by atoms with Crippen LogP contribution in [0.1, 0.15) is 39.5 Å². The monoisotopic (exact) mass is 322 g/mol. The minimum absolute atomic E-state index is 0.287. The average molecular weight is 322 g/mol. The van der Waals surface area contributed by atoms with Crippen LogP contribution < -0.4 is 10.2 Å². The number of methoxy groups -OCH3 is 1. The largest absolute Gasteiger partial charge is 0.497 e. The summed E-state index contributed by atoms with van der Waals surface area (Å²) in [4.78, 5) is 0. The highest BCUT2D eigenvalue weighted by Crippen LogP contribution is 2.38. The fourth-order valence-electron chi connectivity index (χ4n) is 2.48. The van der Waals surface area contributed by atoms with Crippen LogP contribution in [0.2, 0.25) is 0 Å². The van der Waals surface area contributed by atoms with Crippen molar-refractivity contribution in [1.82, 2.24) is 0 Å². The Hall–Kier alpha value is -1.73. The van der Waals surface area contributed by atoms with Gasteiger partial charge in [0.05, 0.1) is 23.9 Å². The van der Waals surface area contributed by atoms with E-state index >= 15 is 0 Å². The highest BCUT2D eigenvalue weighted by atomic mass is 19.1. The molecule has 2 aliphatic heterocycles. The minimum atomic E-state index is -0.800. The van der Waals surface area contributed by atoms with Gasteiger partial charge in [0.2, 0.25) is 0 Å². The van der Waals surface area contributed by atoms with Crippen molar-refractivity contribution in [2.45, 2.75) is 45.2 Å². The number of hydrogen-bond acceptors (Lipinski definition) is 5. The van der Waals surface area contributed by atoms with Gasteiger partial charge in [0, 0.05) is 5.46 Å². The normalized spacial score (nSPS) is 22.1. The first-order chi connectivity index (χ1) is 10.7. The molecule has 1 saturated heterocycles. The van der Waals surface area contributed by atoms with Gasteiger partial charge >= 0.3 is 7.12 Å². The Kier molecular flexibility index (Phi) is 3.81. The van der Waals surface area contributed by atoms with Crippen molar-refractivity contribution < 1.29 is 27.9 Å². The molecule has 0 aliphatic carbocycles. The van der Waals surface area contributed by atoms with Crippen LogP contribution in [0.25, 0.3) is 0 Å². The molecule has 1 aromatic rings. The third kappa shape index (κ3) is 2.68. The van der Waals surface area contributed by atoms with Gasteiger partial charge in [-0.05, 0) is 39.8 Å². The first-order valence-electron chi connectivity index (χ1n) is 7.44. The lowest BCUT2D eigenvalue weighted by molar-refractivity contribution is -0.0263. The van der Waals surface area contributed by atoms with Crippen LogP contribution in [-0.2, 0) is 18.8 Å². The highest BCUT2D eigenvalue weighted by Gasteiger charge is 2.52. The molecule has 0 atom stereocenters. The topological polar surface area (TPSA) is 46.2 Å². The molecule has 0 unspecified atom stereocenters. The van der Waals surface area contributed by atoms with Gasteiger partial charge in [0.15, 0.2) is 0 Å². The van der Waals surface area contributed by atoms with Gasteiger partial charge in [0.1, 0.15) is 24.1 Å². The number of ether oxygens (including phenoxy) is 3. The Bertz CT molecular complexity index is 620. The van der Waals surface area contributed by atoms with Crippen molar-refractivity contribution in [2.75, 3.05) is 7.11 Å². The Balaban J connectivity index is 1.95.